The molecule has 1 heterocycles. The van der Waals surface area contributed by atoms with Gasteiger partial charge in [-0.3, -0.25) is 4.79 Å². The Morgan fingerprint density at radius 1 is 1.17 bits per heavy atom. The zero-order chi connectivity index (χ0) is 13.7. The molecule has 0 aromatic heterocycles. The highest BCUT2D eigenvalue weighted by atomic mass is 16.4. The van der Waals surface area contributed by atoms with Crippen molar-refractivity contribution in [3.8, 4) is 0 Å². The Labute approximate surface area is 106 Å². The van der Waals surface area contributed by atoms with Crippen molar-refractivity contribution in [1.29, 1.82) is 0 Å². The molecule has 0 aromatic carbocycles. The highest BCUT2D eigenvalue weighted by molar-refractivity contribution is 5.82. The fourth-order valence-electron chi connectivity index (χ4n) is 1.80. The van der Waals surface area contributed by atoms with Crippen molar-refractivity contribution >= 4 is 17.9 Å². The van der Waals surface area contributed by atoms with Crippen LogP contribution in [0.5, 0.6) is 0 Å². The topological polar surface area (TPSA) is 90.0 Å². The number of hydrogen-bond donors (Lipinski definition) is 2. The van der Waals surface area contributed by atoms with E-state index in [4.69, 9.17) is 5.11 Å². The van der Waals surface area contributed by atoms with E-state index < -0.39 is 12.0 Å². The number of urea groups is 1. The zero-order valence-electron chi connectivity index (χ0n) is 10.7. The number of nitrogens with one attached hydrogen (secondary N) is 1. The van der Waals surface area contributed by atoms with Gasteiger partial charge in [-0.1, -0.05) is 6.92 Å². The first-order valence-electron chi connectivity index (χ1n) is 5.99. The van der Waals surface area contributed by atoms with E-state index in [2.05, 4.69) is 5.32 Å². The summed E-state index contributed by atoms with van der Waals surface area (Å²) in [7, 11) is 0. The van der Waals surface area contributed by atoms with Crippen LogP contribution in [-0.2, 0) is 9.59 Å². The number of amides is 3. The maximum atomic E-state index is 11.8. The van der Waals surface area contributed by atoms with Gasteiger partial charge in [-0.2, -0.15) is 0 Å². The normalized spacial score (nSPS) is 17.2. The molecule has 102 valence electrons. The summed E-state index contributed by atoms with van der Waals surface area (Å²) >= 11 is 0. The highest BCUT2D eigenvalue weighted by Crippen LogP contribution is 2.03. The lowest BCUT2D eigenvalue weighted by molar-refractivity contribution is -0.139. The molecule has 1 aliphatic heterocycles. The average Bonchev–Trinajstić information content (AvgIpc) is 2.35. The number of carboxylic acids is 1. The number of hydrogen-bond acceptors (Lipinski definition) is 3. The number of carboxylic acid groups (broad SMARTS) is 1. The van der Waals surface area contributed by atoms with Crippen molar-refractivity contribution in [3.63, 3.8) is 0 Å². The van der Waals surface area contributed by atoms with Crippen LogP contribution in [0, 0.1) is 0 Å². The standard InChI is InChI=1S/C11H19N3O4/c1-3-9(10(16)17)12-11(18)14-6-4-13(5-7-14)8(2)15/h9H,3-7H2,1-2H3,(H,12,18)(H,16,17)/t9-/m0/s1. The molecule has 0 bridgehead atoms. The number of rotatable bonds is 3. The second-order valence-electron chi connectivity index (χ2n) is 4.24. The van der Waals surface area contributed by atoms with Gasteiger partial charge >= 0.3 is 12.0 Å². The van der Waals surface area contributed by atoms with Gasteiger partial charge in [0.1, 0.15) is 6.04 Å². The van der Waals surface area contributed by atoms with Crippen LogP contribution < -0.4 is 5.32 Å². The van der Waals surface area contributed by atoms with Crippen molar-refractivity contribution in [3.05, 3.63) is 0 Å². The maximum absolute atomic E-state index is 11.8. The fraction of sp³-hybridized carbons (Fsp3) is 0.727. The van der Waals surface area contributed by atoms with Gasteiger partial charge in [0.25, 0.3) is 0 Å². The number of nitrogens with zero attached hydrogens (tertiary/aromatic N) is 2. The third-order valence-corrected chi connectivity index (χ3v) is 3.02. The summed E-state index contributed by atoms with van der Waals surface area (Å²) in [4.78, 5) is 36.9. The minimum absolute atomic E-state index is 0.00738. The van der Waals surface area contributed by atoms with Gasteiger partial charge in [0.05, 0.1) is 0 Å². The Balaban J connectivity index is 2.45. The summed E-state index contributed by atoms with van der Waals surface area (Å²) < 4.78 is 0. The fourth-order valence-corrected chi connectivity index (χ4v) is 1.80. The van der Waals surface area contributed by atoms with Crippen LogP contribution in [0.4, 0.5) is 4.79 Å². The average molecular weight is 257 g/mol. The highest BCUT2D eigenvalue weighted by Gasteiger charge is 2.25. The lowest BCUT2D eigenvalue weighted by Crippen LogP contribution is -2.55. The molecule has 1 atom stereocenters. The van der Waals surface area contributed by atoms with Crippen LogP contribution in [0.2, 0.25) is 0 Å². The predicted molar refractivity (Wildman–Crippen MR) is 64.1 cm³/mol. The summed E-state index contributed by atoms with van der Waals surface area (Å²) in [5, 5.41) is 11.3. The first-order chi connectivity index (χ1) is 8.45. The number of piperazine rings is 1. The summed E-state index contributed by atoms with van der Waals surface area (Å²) in [6, 6.07) is -1.24. The van der Waals surface area contributed by atoms with E-state index in [9.17, 15) is 14.4 Å². The molecule has 3 amide bonds. The monoisotopic (exact) mass is 257 g/mol. The van der Waals surface area contributed by atoms with Gasteiger partial charge in [0.15, 0.2) is 0 Å². The third-order valence-electron chi connectivity index (χ3n) is 3.02. The van der Waals surface area contributed by atoms with E-state index in [1.54, 1.807) is 11.8 Å². The van der Waals surface area contributed by atoms with Gasteiger partial charge in [-0.05, 0) is 6.42 Å². The van der Waals surface area contributed by atoms with Gasteiger partial charge in [0, 0.05) is 33.1 Å². The van der Waals surface area contributed by atoms with Crippen LogP contribution in [0.15, 0.2) is 0 Å². The number of carbonyl (C=O) groups is 3. The quantitative estimate of drug-likeness (QED) is 0.728. The predicted octanol–water partition coefficient (Wildman–Crippen LogP) is -0.277. The van der Waals surface area contributed by atoms with Crippen molar-refractivity contribution < 1.29 is 19.5 Å². The molecular weight excluding hydrogens is 238 g/mol. The van der Waals surface area contributed by atoms with Crippen LogP contribution in [0.1, 0.15) is 20.3 Å². The molecule has 0 saturated carbocycles. The zero-order valence-corrected chi connectivity index (χ0v) is 10.7. The molecule has 1 rings (SSSR count). The molecule has 1 fully saturated rings. The Morgan fingerprint density at radius 3 is 2.06 bits per heavy atom. The maximum Gasteiger partial charge on any atom is 0.326 e. The molecule has 0 aromatic rings. The molecule has 2 N–H and O–H groups in total. The van der Waals surface area contributed by atoms with Crippen LogP contribution in [-0.4, -0.2) is 65.0 Å². The first kappa shape index (κ1) is 14.3. The molecule has 7 nitrogen and oxygen atoms in total. The second kappa shape index (κ2) is 6.23. The van der Waals surface area contributed by atoms with E-state index in [1.165, 1.54) is 11.8 Å². The Hall–Kier alpha value is -1.79. The van der Waals surface area contributed by atoms with E-state index in [0.717, 1.165) is 0 Å². The third kappa shape index (κ3) is 3.61. The summed E-state index contributed by atoms with van der Waals surface area (Å²) in [6.45, 7) is 5.04. The largest absolute Gasteiger partial charge is 0.480 e. The van der Waals surface area contributed by atoms with Gasteiger partial charge < -0.3 is 20.2 Å². The van der Waals surface area contributed by atoms with Crippen LogP contribution in [0.3, 0.4) is 0 Å². The summed E-state index contributed by atoms with van der Waals surface area (Å²) in [5.41, 5.74) is 0. The lowest BCUT2D eigenvalue weighted by Gasteiger charge is -2.34. The van der Waals surface area contributed by atoms with E-state index >= 15 is 0 Å². The smallest absolute Gasteiger partial charge is 0.326 e. The van der Waals surface area contributed by atoms with Crippen LogP contribution in [0.25, 0.3) is 0 Å². The summed E-state index contributed by atoms with van der Waals surface area (Å²) in [6.07, 6.45) is 0.342. The number of carbonyl (C=O) groups excluding carboxylic acids is 2. The van der Waals surface area contributed by atoms with Crippen molar-refractivity contribution in [2.45, 2.75) is 26.3 Å². The number of aliphatic carboxylic acids is 1. The Bertz CT molecular complexity index is 337. The van der Waals surface area contributed by atoms with Gasteiger partial charge in [0.2, 0.25) is 5.91 Å². The lowest BCUT2D eigenvalue weighted by atomic mass is 10.2. The molecule has 18 heavy (non-hydrogen) atoms. The van der Waals surface area contributed by atoms with E-state index in [1.807, 2.05) is 0 Å². The SMILES string of the molecule is CC[C@H](NC(=O)N1CCN(C(C)=O)CC1)C(=O)O. The molecule has 0 aliphatic carbocycles. The second-order valence-corrected chi connectivity index (χ2v) is 4.24. The molecule has 0 radical (unpaired) electrons. The molecular formula is C11H19N3O4. The molecule has 0 unspecified atom stereocenters. The molecule has 1 aliphatic rings. The van der Waals surface area contributed by atoms with Crippen LogP contribution >= 0.6 is 0 Å². The summed E-state index contributed by atoms with van der Waals surface area (Å²) in [5.74, 6) is -1.04. The minimum atomic E-state index is -1.03. The minimum Gasteiger partial charge on any atom is -0.480 e. The van der Waals surface area contributed by atoms with E-state index in [0.29, 0.717) is 32.6 Å². The molecule has 1 saturated heterocycles. The van der Waals surface area contributed by atoms with E-state index in [-0.39, 0.29) is 11.9 Å². The Morgan fingerprint density at radius 2 is 1.67 bits per heavy atom. The first-order valence-corrected chi connectivity index (χ1v) is 5.99. The van der Waals surface area contributed by atoms with Crippen molar-refractivity contribution in [1.82, 2.24) is 15.1 Å². The Kier molecular flexibility index (Phi) is 4.94. The van der Waals surface area contributed by atoms with Gasteiger partial charge in [-0.15, -0.1) is 0 Å². The van der Waals surface area contributed by atoms with Crippen molar-refractivity contribution in [2.75, 3.05) is 26.2 Å². The molecule has 0 spiro atoms. The van der Waals surface area contributed by atoms with Gasteiger partial charge in [-0.25, -0.2) is 9.59 Å². The van der Waals surface area contributed by atoms with Crippen molar-refractivity contribution in [2.24, 2.45) is 0 Å². The molecule has 7 heteroatoms.